The number of carboxylic acids is 1. The van der Waals surface area contributed by atoms with Gasteiger partial charge in [-0.2, -0.15) is 4.31 Å². The van der Waals surface area contributed by atoms with Gasteiger partial charge in [0.2, 0.25) is 10.0 Å². The molecule has 20 heavy (non-hydrogen) atoms. The number of hydrogen-bond donors (Lipinski definition) is 2. The Labute approximate surface area is 117 Å². The Morgan fingerprint density at radius 3 is 2.30 bits per heavy atom. The van der Waals surface area contributed by atoms with Crippen molar-refractivity contribution in [1.29, 1.82) is 0 Å². The van der Waals surface area contributed by atoms with E-state index in [1.54, 1.807) is 0 Å². The standard InChI is InChI=1S/C13H17NO5S/c1-2-7-13(17)8-14(9-13)20(18,19)11-5-3-10(4-6-11)12(15)16/h3-6,17H,2,7-9H2,1H3,(H,15,16). The van der Waals surface area contributed by atoms with Crippen LogP contribution in [0.15, 0.2) is 29.2 Å². The quantitative estimate of drug-likeness (QED) is 0.843. The lowest BCUT2D eigenvalue weighted by atomic mass is 9.92. The molecule has 110 valence electrons. The molecule has 1 saturated heterocycles. The van der Waals surface area contributed by atoms with Crippen molar-refractivity contribution in [3.8, 4) is 0 Å². The highest BCUT2D eigenvalue weighted by Crippen LogP contribution is 2.31. The van der Waals surface area contributed by atoms with Gasteiger partial charge in [0.15, 0.2) is 0 Å². The fourth-order valence-electron chi connectivity index (χ4n) is 2.32. The van der Waals surface area contributed by atoms with Crippen LogP contribution in [0.4, 0.5) is 0 Å². The highest BCUT2D eigenvalue weighted by atomic mass is 32.2. The van der Waals surface area contributed by atoms with Crippen molar-refractivity contribution in [3.05, 3.63) is 29.8 Å². The molecule has 6 nitrogen and oxygen atoms in total. The average molecular weight is 299 g/mol. The van der Waals surface area contributed by atoms with Crippen LogP contribution in [0.5, 0.6) is 0 Å². The van der Waals surface area contributed by atoms with Gasteiger partial charge in [0.25, 0.3) is 0 Å². The van der Waals surface area contributed by atoms with E-state index >= 15 is 0 Å². The fraction of sp³-hybridized carbons (Fsp3) is 0.462. The number of β-amino-alcohol motifs (C(OH)–C–C–N with tert-alkyl or cyclic N) is 1. The van der Waals surface area contributed by atoms with Gasteiger partial charge in [-0.25, -0.2) is 13.2 Å². The van der Waals surface area contributed by atoms with Gasteiger partial charge in [-0.3, -0.25) is 0 Å². The number of carbonyl (C=O) groups is 1. The number of rotatable bonds is 5. The highest BCUT2D eigenvalue weighted by molar-refractivity contribution is 7.89. The number of nitrogens with zero attached hydrogens (tertiary/aromatic N) is 1. The van der Waals surface area contributed by atoms with E-state index < -0.39 is 21.6 Å². The predicted molar refractivity (Wildman–Crippen MR) is 72.0 cm³/mol. The Morgan fingerprint density at radius 2 is 1.85 bits per heavy atom. The molecule has 1 aliphatic heterocycles. The van der Waals surface area contributed by atoms with Crippen molar-refractivity contribution in [2.24, 2.45) is 0 Å². The van der Waals surface area contributed by atoms with Gasteiger partial charge in [-0.05, 0) is 30.7 Å². The van der Waals surface area contributed by atoms with Crippen molar-refractivity contribution in [1.82, 2.24) is 4.31 Å². The first kappa shape index (κ1) is 15.0. The van der Waals surface area contributed by atoms with Crippen molar-refractivity contribution < 1.29 is 23.4 Å². The molecule has 1 aromatic rings. The van der Waals surface area contributed by atoms with E-state index in [1.807, 2.05) is 6.92 Å². The lowest BCUT2D eigenvalue weighted by Gasteiger charge is -2.45. The highest BCUT2D eigenvalue weighted by Gasteiger charge is 2.46. The minimum atomic E-state index is -3.65. The van der Waals surface area contributed by atoms with Gasteiger partial charge in [0.05, 0.1) is 16.1 Å². The summed E-state index contributed by atoms with van der Waals surface area (Å²) in [7, 11) is -3.65. The molecular formula is C13H17NO5S. The van der Waals surface area contributed by atoms with E-state index in [-0.39, 0.29) is 23.5 Å². The van der Waals surface area contributed by atoms with Crippen LogP contribution in [0.25, 0.3) is 0 Å². The molecule has 0 unspecified atom stereocenters. The van der Waals surface area contributed by atoms with Crippen molar-refractivity contribution in [2.75, 3.05) is 13.1 Å². The summed E-state index contributed by atoms with van der Waals surface area (Å²) in [6.07, 6.45) is 1.36. The van der Waals surface area contributed by atoms with E-state index in [1.165, 1.54) is 28.6 Å². The van der Waals surface area contributed by atoms with Crippen LogP contribution < -0.4 is 0 Å². The summed E-state index contributed by atoms with van der Waals surface area (Å²) in [5, 5.41) is 18.8. The Balaban J connectivity index is 2.14. The number of aliphatic hydroxyl groups is 1. The molecule has 7 heteroatoms. The normalized spacial score (nSPS) is 18.5. The Hall–Kier alpha value is -1.44. The van der Waals surface area contributed by atoms with E-state index in [4.69, 9.17) is 5.11 Å². The zero-order chi connectivity index (χ0) is 15.0. The first-order valence-corrected chi connectivity index (χ1v) is 7.78. The third-order valence-electron chi connectivity index (χ3n) is 3.40. The van der Waals surface area contributed by atoms with Gasteiger partial charge < -0.3 is 10.2 Å². The minimum Gasteiger partial charge on any atom is -0.478 e. The molecule has 0 spiro atoms. The molecule has 1 heterocycles. The van der Waals surface area contributed by atoms with Gasteiger partial charge in [-0.15, -0.1) is 0 Å². The Bertz CT molecular complexity index is 602. The fourth-order valence-corrected chi connectivity index (χ4v) is 3.92. The number of carboxylic acid groups (broad SMARTS) is 1. The number of hydrogen-bond acceptors (Lipinski definition) is 4. The topological polar surface area (TPSA) is 94.9 Å². The monoisotopic (exact) mass is 299 g/mol. The molecule has 0 aromatic heterocycles. The van der Waals surface area contributed by atoms with E-state index in [9.17, 15) is 18.3 Å². The second-order valence-corrected chi connectivity index (χ2v) is 7.01. The average Bonchev–Trinajstić information content (AvgIpc) is 2.36. The second kappa shape index (κ2) is 5.16. The summed E-state index contributed by atoms with van der Waals surface area (Å²) in [6.45, 7) is 2.10. The van der Waals surface area contributed by atoms with Gasteiger partial charge in [0, 0.05) is 13.1 Å². The third-order valence-corrected chi connectivity index (χ3v) is 5.20. The molecule has 0 aliphatic carbocycles. The van der Waals surface area contributed by atoms with Crippen LogP contribution >= 0.6 is 0 Å². The molecule has 0 atom stereocenters. The molecule has 0 saturated carbocycles. The molecule has 0 radical (unpaired) electrons. The van der Waals surface area contributed by atoms with E-state index in [0.29, 0.717) is 6.42 Å². The maximum absolute atomic E-state index is 12.3. The number of aromatic carboxylic acids is 1. The SMILES string of the molecule is CCCC1(O)CN(S(=O)(=O)c2ccc(C(=O)O)cc2)C1. The van der Waals surface area contributed by atoms with E-state index in [2.05, 4.69) is 0 Å². The molecule has 2 N–H and O–H groups in total. The summed E-state index contributed by atoms with van der Waals surface area (Å²) in [4.78, 5) is 10.8. The number of benzene rings is 1. The minimum absolute atomic E-state index is 0.0371. The Kier molecular flexibility index (Phi) is 3.86. The lowest BCUT2D eigenvalue weighted by molar-refractivity contribution is -0.0653. The van der Waals surface area contributed by atoms with Gasteiger partial charge in [-0.1, -0.05) is 13.3 Å². The first-order valence-electron chi connectivity index (χ1n) is 6.34. The van der Waals surface area contributed by atoms with Crippen molar-refractivity contribution in [3.63, 3.8) is 0 Å². The molecule has 2 rings (SSSR count). The smallest absolute Gasteiger partial charge is 0.335 e. The largest absolute Gasteiger partial charge is 0.478 e. The van der Waals surface area contributed by atoms with Crippen LogP contribution in [0.1, 0.15) is 30.1 Å². The van der Waals surface area contributed by atoms with Gasteiger partial charge in [0.1, 0.15) is 0 Å². The molecular weight excluding hydrogens is 282 g/mol. The first-order chi connectivity index (χ1) is 9.28. The maximum Gasteiger partial charge on any atom is 0.335 e. The lowest BCUT2D eigenvalue weighted by Crippen LogP contribution is -2.63. The molecule has 0 bridgehead atoms. The molecule has 0 amide bonds. The van der Waals surface area contributed by atoms with Crippen LogP contribution in [0.2, 0.25) is 0 Å². The maximum atomic E-state index is 12.3. The van der Waals surface area contributed by atoms with Crippen LogP contribution in [-0.4, -0.2) is 47.6 Å². The van der Waals surface area contributed by atoms with Crippen LogP contribution in [-0.2, 0) is 10.0 Å². The number of sulfonamides is 1. The predicted octanol–water partition coefficient (Wildman–Crippen LogP) is 0.920. The van der Waals surface area contributed by atoms with Crippen LogP contribution in [0, 0.1) is 0 Å². The van der Waals surface area contributed by atoms with Crippen molar-refractivity contribution >= 4 is 16.0 Å². The van der Waals surface area contributed by atoms with Crippen molar-refractivity contribution in [2.45, 2.75) is 30.3 Å². The van der Waals surface area contributed by atoms with Gasteiger partial charge >= 0.3 is 5.97 Å². The summed E-state index contributed by atoms with van der Waals surface area (Å²) in [5.74, 6) is -1.10. The molecule has 1 aromatic carbocycles. The molecule has 1 fully saturated rings. The van der Waals surface area contributed by atoms with Crippen LogP contribution in [0.3, 0.4) is 0 Å². The Morgan fingerprint density at radius 1 is 1.30 bits per heavy atom. The molecule has 1 aliphatic rings. The zero-order valence-electron chi connectivity index (χ0n) is 11.1. The summed E-state index contributed by atoms with van der Waals surface area (Å²) in [6, 6.07) is 5.06. The summed E-state index contributed by atoms with van der Waals surface area (Å²) >= 11 is 0. The third kappa shape index (κ3) is 2.70. The second-order valence-electron chi connectivity index (χ2n) is 5.08. The van der Waals surface area contributed by atoms with E-state index in [0.717, 1.165) is 6.42 Å². The summed E-state index contributed by atoms with van der Waals surface area (Å²) in [5.41, 5.74) is -0.891. The zero-order valence-corrected chi connectivity index (χ0v) is 11.9. The summed E-state index contributed by atoms with van der Waals surface area (Å²) < 4.78 is 25.7.